The number of rotatable bonds is 17. The number of aryl methyl sites for hydroxylation is 2. The summed E-state index contributed by atoms with van der Waals surface area (Å²) in [6.45, 7) is 6.11. The third-order valence-electron chi connectivity index (χ3n) is 9.40. The minimum absolute atomic E-state index is 0.340. The molecule has 0 fully saturated rings. The molecule has 0 aliphatic heterocycles. The lowest BCUT2D eigenvalue weighted by atomic mass is 9.92. The van der Waals surface area contributed by atoms with Gasteiger partial charge in [-0.15, -0.1) is 0 Å². The predicted molar refractivity (Wildman–Crippen MR) is 213 cm³/mol. The van der Waals surface area contributed by atoms with Gasteiger partial charge in [-0.3, -0.25) is 0 Å². The lowest BCUT2D eigenvalue weighted by Crippen LogP contribution is -2.14. The molecule has 54 heavy (non-hydrogen) atoms. The van der Waals surface area contributed by atoms with E-state index in [9.17, 15) is 0 Å². The third kappa shape index (κ3) is 9.65. The largest absolute Gasteiger partial charge is 0.496 e. The second kappa shape index (κ2) is 18.7. The van der Waals surface area contributed by atoms with Crippen molar-refractivity contribution in [3.8, 4) is 34.1 Å². The molecule has 0 amide bonds. The molecule has 9 nitrogen and oxygen atoms in total. The molecule has 0 saturated carbocycles. The molecular formula is C43H43Cl2N5O4. The van der Waals surface area contributed by atoms with Gasteiger partial charge in [0.05, 0.1) is 24.3 Å². The van der Waals surface area contributed by atoms with E-state index in [4.69, 9.17) is 42.1 Å². The summed E-state index contributed by atoms with van der Waals surface area (Å²) in [4.78, 5) is 16.3. The molecule has 4 aromatic carbocycles. The number of aromatic nitrogens is 4. The number of nitrogens with zero attached hydrogens (tertiary/aromatic N) is 4. The normalized spacial score (nSPS) is 11.0. The number of nitrogens with one attached hydrogen (secondary N) is 1. The maximum Gasteiger partial charge on any atom is 0.142 e. The first-order valence-corrected chi connectivity index (χ1v) is 18.4. The molecule has 0 aliphatic rings. The zero-order valence-electron chi connectivity index (χ0n) is 30.9. The van der Waals surface area contributed by atoms with Crippen LogP contribution in [-0.2, 0) is 39.1 Å². The van der Waals surface area contributed by atoms with E-state index >= 15 is 0 Å². The molecule has 0 bridgehead atoms. The second-order valence-electron chi connectivity index (χ2n) is 12.9. The van der Waals surface area contributed by atoms with Crippen LogP contribution in [0.2, 0.25) is 10.0 Å². The average Bonchev–Trinajstić information content (AvgIpc) is 3.19. The number of benzene rings is 4. The van der Waals surface area contributed by atoms with Crippen LogP contribution in [0.1, 0.15) is 50.9 Å². The molecule has 0 atom stereocenters. The molecule has 2 heterocycles. The third-order valence-corrected chi connectivity index (χ3v) is 9.99. The van der Waals surface area contributed by atoms with Gasteiger partial charge in [-0.2, -0.15) is 0 Å². The number of hydrogen-bond donors (Lipinski definition) is 1. The van der Waals surface area contributed by atoms with Gasteiger partial charge in [-0.25, -0.2) is 19.9 Å². The lowest BCUT2D eigenvalue weighted by Gasteiger charge is -2.18. The van der Waals surface area contributed by atoms with Gasteiger partial charge in [0.2, 0.25) is 0 Å². The highest BCUT2D eigenvalue weighted by molar-refractivity contribution is 6.32. The minimum atomic E-state index is 0.340. The SMILES string of the molecule is COc1cc(OCc2cccc(-c3cccc(COc4cc(OC)c(CNCc5cncnc5)cc4Cl)c3C)c2C)c(Cl)cc1CCCc1cncnc1. The Bertz CT molecular complexity index is 2020. The molecule has 0 aliphatic carbocycles. The molecule has 0 radical (unpaired) electrons. The molecular weight excluding hydrogens is 721 g/mol. The van der Waals surface area contributed by atoms with Gasteiger partial charge in [0, 0.05) is 61.1 Å². The van der Waals surface area contributed by atoms with E-state index in [0.717, 1.165) is 80.6 Å². The highest BCUT2D eigenvalue weighted by Crippen LogP contribution is 2.37. The highest BCUT2D eigenvalue weighted by atomic mass is 35.5. The predicted octanol–water partition coefficient (Wildman–Crippen LogP) is 9.50. The summed E-state index contributed by atoms with van der Waals surface area (Å²) < 4.78 is 24.0. The fourth-order valence-electron chi connectivity index (χ4n) is 6.37. The van der Waals surface area contributed by atoms with Crippen molar-refractivity contribution < 1.29 is 18.9 Å². The summed E-state index contributed by atoms with van der Waals surface area (Å²) in [6.07, 6.45) is 12.9. The van der Waals surface area contributed by atoms with Gasteiger partial charge < -0.3 is 24.3 Å². The van der Waals surface area contributed by atoms with E-state index in [-0.39, 0.29) is 0 Å². The Balaban J connectivity index is 1.11. The molecule has 0 spiro atoms. The Morgan fingerprint density at radius 3 is 1.59 bits per heavy atom. The van der Waals surface area contributed by atoms with Crippen LogP contribution < -0.4 is 24.3 Å². The highest BCUT2D eigenvalue weighted by Gasteiger charge is 2.16. The van der Waals surface area contributed by atoms with Crippen LogP contribution in [0.3, 0.4) is 0 Å². The Morgan fingerprint density at radius 1 is 0.556 bits per heavy atom. The van der Waals surface area contributed by atoms with E-state index in [1.54, 1.807) is 32.9 Å². The molecule has 1 N–H and O–H groups in total. The fraction of sp³-hybridized carbons (Fsp3) is 0.256. The second-order valence-corrected chi connectivity index (χ2v) is 13.7. The first-order chi connectivity index (χ1) is 26.3. The molecule has 6 rings (SSSR count). The van der Waals surface area contributed by atoms with Crippen LogP contribution in [0, 0.1) is 13.8 Å². The van der Waals surface area contributed by atoms with Gasteiger partial charge in [0.1, 0.15) is 48.9 Å². The minimum Gasteiger partial charge on any atom is -0.496 e. The maximum atomic E-state index is 6.74. The molecule has 11 heteroatoms. The van der Waals surface area contributed by atoms with E-state index < -0.39 is 0 Å². The molecule has 0 unspecified atom stereocenters. The summed E-state index contributed by atoms with van der Waals surface area (Å²) in [5.41, 5.74) is 10.6. The maximum absolute atomic E-state index is 6.74. The van der Waals surface area contributed by atoms with Crippen molar-refractivity contribution in [1.82, 2.24) is 25.3 Å². The van der Waals surface area contributed by atoms with Gasteiger partial charge in [-0.05, 0) is 89.8 Å². The van der Waals surface area contributed by atoms with Gasteiger partial charge in [0.25, 0.3) is 0 Å². The van der Waals surface area contributed by atoms with Crippen molar-refractivity contribution >= 4 is 23.2 Å². The lowest BCUT2D eigenvalue weighted by molar-refractivity contribution is 0.302. The van der Waals surface area contributed by atoms with Crippen LogP contribution in [0.25, 0.3) is 11.1 Å². The zero-order valence-corrected chi connectivity index (χ0v) is 32.4. The van der Waals surface area contributed by atoms with Gasteiger partial charge >= 0.3 is 0 Å². The molecule has 6 aromatic rings. The van der Waals surface area contributed by atoms with E-state index in [1.807, 2.05) is 36.7 Å². The molecule has 278 valence electrons. The van der Waals surface area contributed by atoms with E-state index in [2.05, 4.69) is 75.5 Å². The van der Waals surface area contributed by atoms with Gasteiger partial charge in [-0.1, -0.05) is 59.6 Å². The Morgan fingerprint density at radius 2 is 1.06 bits per heavy atom. The Kier molecular flexibility index (Phi) is 13.3. The van der Waals surface area contributed by atoms with E-state index in [1.165, 1.54) is 6.33 Å². The standard InChI is InChI=1S/C43H43Cl2N5O4/c1-28-33(24-53-42-16-40(51-3)32(14-38(42)44)9-5-8-30-18-47-26-48-19-30)10-6-12-36(28)37-13-7-11-34(29(37)2)25-54-43-17-41(52-4)35(15-39(43)45)23-46-20-31-21-49-27-50-22-31/h6-7,10-19,21-22,26-27,46H,5,8-9,20,23-25H2,1-4H3. The average molecular weight is 765 g/mol. The molecule has 0 saturated heterocycles. The number of halogens is 2. The van der Waals surface area contributed by atoms with Crippen molar-refractivity contribution in [3.05, 3.63) is 153 Å². The Labute approximate surface area is 326 Å². The summed E-state index contributed by atoms with van der Waals surface area (Å²) in [7, 11) is 3.31. The Hall–Kier alpha value is -5.22. The van der Waals surface area contributed by atoms with Crippen molar-refractivity contribution in [2.75, 3.05) is 14.2 Å². The quantitative estimate of drug-likeness (QED) is 0.0974. The number of methoxy groups -OCH3 is 2. The topological polar surface area (TPSA) is 101 Å². The van der Waals surface area contributed by atoms with Crippen LogP contribution in [0.4, 0.5) is 0 Å². The van der Waals surface area contributed by atoms with Crippen LogP contribution in [0.5, 0.6) is 23.0 Å². The van der Waals surface area contributed by atoms with Crippen molar-refractivity contribution in [1.29, 1.82) is 0 Å². The first kappa shape index (κ1) is 38.5. The summed E-state index contributed by atoms with van der Waals surface area (Å²) in [6, 6.07) is 20.1. The molecule has 2 aromatic heterocycles. The van der Waals surface area contributed by atoms with Crippen molar-refractivity contribution in [2.24, 2.45) is 0 Å². The van der Waals surface area contributed by atoms with Crippen molar-refractivity contribution in [2.45, 2.75) is 59.4 Å². The van der Waals surface area contributed by atoms with Crippen LogP contribution >= 0.6 is 23.2 Å². The van der Waals surface area contributed by atoms with E-state index in [0.29, 0.717) is 53.6 Å². The van der Waals surface area contributed by atoms with Gasteiger partial charge in [0.15, 0.2) is 0 Å². The van der Waals surface area contributed by atoms with Crippen LogP contribution in [0.15, 0.2) is 98.1 Å². The number of ether oxygens (including phenoxy) is 4. The monoisotopic (exact) mass is 763 g/mol. The zero-order chi connectivity index (χ0) is 37.9. The van der Waals surface area contributed by atoms with Crippen LogP contribution in [-0.4, -0.2) is 34.2 Å². The summed E-state index contributed by atoms with van der Waals surface area (Å²) in [5.74, 6) is 2.58. The fourth-order valence-corrected chi connectivity index (χ4v) is 6.85. The smallest absolute Gasteiger partial charge is 0.142 e. The summed E-state index contributed by atoms with van der Waals surface area (Å²) in [5, 5.41) is 4.45. The summed E-state index contributed by atoms with van der Waals surface area (Å²) >= 11 is 13.5. The number of hydrogen-bond acceptors (Lipinski definition) is 9. The van der Waals surface area contributed by atoms with Crippen molar-refractivity contribution in [3.63, 3.8) is 0 Å². The first-order valence-electron chi connectivity index (χ1n) is 17.7.